The molecular weight excluding hydrogens is 261 g/mol. The number of hydroxylamine groups is 1. The third-order valence-electron chi connectivity index (χ3n) is 3.41. The number of amides is 1. The van der Waals surface area contributed by atoms with Crippen molar-refractivity contribution in [3.05, 3.63) is 35.6 Å². The van der Waals surface area contributed by atoms with Crippen molar-refractivity contribution in [2.45, 2.75) is 38.7 Å². The minimum Gasteiger partial charge on any atom is -0.377 e. The number of nitrogens with one attached hydrogen (secondary N) is 1. The minimum absolute atomic E-state index is 0.297. The lowest BCUT2D eigenvalue weighted by Crippen LogP contribution is -2.29. The molecule has 0 spiro atoms. The van der Waals surface area contributed by atoms with Gasteiger partial charge in [-0.3, -0.25) is 10.0 Å². The maximum atomic E-state index is 12.9. The zero-order valence-electron chi connectivity index (χ0n) is 11.9. The maximum absolute atomic E-state index is 12.9. The molecule has 0 radical (unpaired) electrons. The van der Waals surface area contributed by atoms with Crippen LogP contribution < -0.4 is 5.48 Å². The van der Waals surface area contributed by atoms with Crippen molar-refractivity contribution in [1.29, 1.82) is 0 Å². The Balaban J connectivity index is 2.76. The highest BCUT2D eigenvalue weighted by molar-refractivity contribution is 5.77. The molecule has 1 aromatic carbocycles. The molecule has 4 nitrogen and oxygen atoms in total. The van der Waals surface area contributed by atoms with Crippen LogP contribution in [-0.2, 0) is 9.53 Å². The molecule has 0 heterocycles. The summed E-state index contributed by atoms with van der Waals surface area (Å²) in [5, 5.41) is 8.81. The molecule has 1 rings (SSSR count). The van der Waals surface area contributed by atoms with Gasteiger partial charge < -0.3 is 4.74 Å². The lowest BCUT2D eigenvalue weighted by molar-refractivity contribution is -0.135. The highest BCUT2D eigenvalue weighted by Crippen LogP contribution is 2.27. The molecule has 2 unspecified atom stereocenters. The summed E-state index contributed by atoms with van der Waals surface area (Å²) in [6.45, 7) is 2.04. The average molecular weight is 283 g/mol. The number of methoxy groups -OCH3 is 1. The van der Waals surface area contributed by atoms with Crippen LogP contribution in [0.4, 0.5) is 4.39 Å². The number of carbonyl (C=O) groups excluding carboxylic acids is 1. The SMILES string of the molecule is CCCCC(CC(OC)c1ccc(F)cc1)C(=O)NO. The molecule has 112 valence electrons. The molecule has 0 saturated carbocycles. The van der Waals surface area contributed by atoms with Crippen LogP contribution >= 0.6 is 0 Å². The van der Waals surface area contributed by atoms with Crippen molar-refractivity contribution in [1.82, 2.24) is 5.48 Å². The smallest absolute Gasteiger partial charge is 0.246 e. The molecule has 0 aliphatic carbocycles. The number of rotatable bonds is 8. The second-order valence-electron chi connectivity index (χ2n) is 4.83. The van der Waals surface area contributed by atoms with Gasteiger partial charge in [-0.2, -0.15) is 0 Å². The van der Waals surface area contributed by atoms with Gasteiger partial charge in [0.05, 0.1) is 6.10 Å². The highest BCUT2D eigenvalue weighted by Gasteiger charge is 2.23. The van der Waals surface area contributed by atoms with E-state index in [1.54, 1.807) is 24.7 Å². The van der Waals surface area contributed by atoms with E-state index in [-0.39, 0.29) is 17.8 Å². The molecule has 0 aromatic heterocycles. The Hall–Kier alpha value is -1.46. The van der Waals surface area contributed by atoms with E-state index in [1.807, 2.05) is 6.92 Å². The molecule has 20 heavy (non-hydrogen) atoms. The lowest BCUT2D eigenvalue weighted by Gasteiger charge is -2.21. The van der Waals surface area contributed by atoms with Crippen molar-refractivity contribution in [3.8, 4) is 0 Å². The number of hydrogen-bond acceptors (Lipinski definition) is 3. The van der Waals surface area contributed by atoms with Crippen LogP contribution in [-0.4, -0.2) is 18.2 Å². The fourth-order valence-electron chi connectivity index (χ4n) is 2.20. The number of benzene rings is 1. The van der Waals surface area contributed by atoms with Crippen LogP contribution in [0.2, 0.25) is 0 Å². The van der Waals surface area contributed by atoms with E-state index in [2.05, 4.69) is 0 Å². The Morgan fingerprint density at radius 3 is 2.55 bits per heavy atom. The number of carbonyl (C=O) groups is 1. The molecule has 0 saturated heterocycles. The summed E-state index contributed by atoms with van der Waals surface area (Å²) >= 11 is 0. The standard InChI is InChI=1S/C15H22FNO3/c1-3-4-5-12(15(18)17-19)10-14(20-2)11-6-8-13(16)9-7-11/h6-9,12,14,19H,3-5,10H2,1-2H3,(H,17,18). The third kappa shape index (κ3) is 4.90. The van der Waals surface area contributed by atoms with Gasteiger partial charge in [0.25, 0.3) is 0 Å². The van der Waals surface area contributed by atoms with Gasteiger partial charge in [0.2, 0.25) is 5.91 Å². The van der Waals surface area contributed by atoms with E-state index in [1.165, 1.54) is 12.1 Å². The second-order valence-corrected chi connectivity index (χ2v) is 4.83. The van der Waals surface area contributed by atoms with E-state index in [0.29, 0.717) is 12.8 Å². The summed E-state index contributed by atoms with van der Waals surface area (Å²) < 4.78 is 18.3. The summed E-state index contributed by atoms with van der Waals surface area (Å²) in [6, 6.07) is 6.04. The van der Waals surface area contributed by atoms with Crippen LogP contribution in [0.3, 0.4) is 0 Å². The molecule has 0 bridgehead atoms. The van der Waals surface area contributed by atoms with Gasteiger partial charge in [0.15, 0.2) is 0 Å². The Morgan fingerprint density at radius 1 is 1.40 bits per heavy atom. The first-order valence-electron chi connectivity index (χ1n) is 6.84. The number of ether oxygens (including phenoxy) is 1. The minimum atomic E-state index is -0.400. The van der Waals surface area contributed by atoms with E-state index in [0.717, 1.165) is 18.4 Å². The first-order valence-corrected chi connectivity index (χ1v) is 6.84. The van der Waals surface area contributed by atoms with Crippen LogP contribution in [0.15, 0.2) is 24.3 Å². The van der Waals surface area contributed by atoms with Crippen molar-refractivity contribution in [2.75, 3.05) is 7.11 Å². The van der Waals surface area contributed by atoms with Gasteiger partial charge in [-0.15, -0.1) is 0 Å². The van der Waals surface area contributed by atoms with Crippen LogP contribution in [0.5, 0.6) is 0 Å². The Labute approximate surface area is 118 Å². The molecule has 1 aromatic rings. The van der Waals surface area contributed by atoms with Crippen molar-refractivity contribution >= 4 is 5.91 Å². The van der Waals surface area contributed by atoms with Gasteiger partial charge >= 0.3 is 0 Å². The van der Waals surface area contributed by atoms with E-state index >= 15 is 0 Å². The summed E-state index contributed by atoms with van der Waals surface area (Å²) in [6.07, 6.45) is 2.72. The molecule has 0 aliphatic heterocycles. The highest BCUT2D eigenvalue weighted by atomic mass is 19.1. The van der Waals surface area contributed by atoms with Crippen LogP contribution in [0.25, 0.3) is 0 Å². The summed E-state index contributed by atoms with van der Waals surface area (Å²) in [5.74, 6) is -1.03. The number of halogens is 1. The quantitative estimate of drug-likeness (QED) is 0.569. The Morgan fingerprint density at radius 2 is 2.05 bits per heavy atom. The Bertz CT molecular complexity index is 408. The van der Waals surface area contributed by atoms with E-state index < -0.39 is 5.91 Å². The molecule has 0 aliphatic rings. The fourth-order valence-corrected chi connectivity index (χ4v) is 2.20. The zero-order chi connectivity index (χ0) is 15.0. The van der Waals surface area contributed by atoms with Gasteiger partial charge in [-0.1, -0.05) is 31.9 Å². The first-order chi connectivity index (χ1) is 9.62. The summed E-state index contributed by atoms with van der Waals surface area (Å²) in [4.78, 5) is 11.7. The van der Waals surface area contributed by atoms with Crippen LogP contribution in [0.1, 0.15) is 44.3 Å². The van der Waals surface area contributed by atoms with Gasteiger partial charge in [0, 0.05) is 13.0 Å². The molecule has 2 atom stereocenters. The number of hydrogen-bond donors (Lipinski definition) is 2. The second kappa shape index (κ2) is 8.66. The normalized spacial score (nSPS) is 13.8. The van der Waals surface area contributed by atoms with E-state index in [4.69, 9.17) is 9.94 Å². The molecular formula is C15H22FNO3. The van der Waals surface area contributed by atoms with Gasteiger partial charge in [-0.25, -0.2) is 9.87 Å². The topological polar surface area (TPSA) is 58.6 Å². The summed E-state index contributed by atoms with van der Waals surface area (Å²) in [7, 11) is 1.56. The van der Waals surface area contributed by atoms with Crippen LogP contribution in [0, 0.1) is 11.7 Å². The van der Waals surface area contributed by atoms with Crippen molar-refractivity contribution in [2.24, 2.45) is 5.92 Å². The van der Waals surface area contributed by atoms with Gasteiger partial charge in [-0.05, 0) is 30.5 Å². The number of unbranched alkanes of at least 4 members (excludes halogenated alkanes) is 1. The predicted molar refractivity (Wildman–Crippen MR) is 73.7 cm³/mol. The summed E-state index contributed by atoms with van der Waals surface area (Å²) in [5.41, 5.74) is 2.53. The van der Waals surface area contributed by atoms with Crippen molar-refractivity contribution < 1.29 is 19.1 Å². The maximum Gasteiger partial charge on any atom is 0.246 e. The Kier molecular flexibility index (Phi) is 7.18. The van der Waals surface area contributed by atoms with Gasteiger partial charge in [0.1, 0.15) is 5.82 Å². The molecule has 5 heteroatoms. The van der Waals surface area contributed by atoms with E-state index in [9.17, 15) is 9.18 Å². The largest absolute Gasteiger partial charge is 0.377 e. The zero-order valence-corrected chi connectivity index (χ0v) is 11.9. The predicted octanol–water partition coefficient (Wildman–Crippen LogP) is 3.22. The third-order valence-corrected chi connectivity index (χ3v) is 3.41. The first kappa shape index (κ1) is 16.6. The average Bonchev–Trinajstić information content (AvgIpc) is 2.48. The molecule has 2 N–H and O–H groups in total. The molecule has 1 amide bonds. The fraction of sp³-hybridized carbons (Fsp3) is 0.533. The van der Waals surface area contributed by atoms with Crippen molar-refractivity contribution in [3.63, 3.8) is 0 Å². The monoisotopic (exact) mass is 283 g/mol. The molecule has 0 fully saturated rings. The lowest BCUT2D eigenvalue weighted by atomic mass is 9.92.